The lowest BCUT2D eigenvalue weighted by Crippen LogP contribution is -2.37. The van der Waals surface area contributed by atoms with Crippen LogP contribution in [0.5, 0.6) is 0 Å². The maximum Gasteiger partial charge on any atom is 0.262 e. The first-order valence-electron chi connectivity index (χ1n) is 7.80. The fourth-order valence-corrected chi connectivity index (χ4v) is 3.37. The number of hydrogen-bond acceptors (Lipinski definition) is 7. The molecule has 2 amide bonds. The van der Waals surface area contributed by atoms with E-state index in [-0.39, 0.29) is 24.5 Å². The Labute approximate surface area is 152 Å². The quantitative estimate of drug-likeness (QED) is 0.690. The van der Waals surface area contributed by atoms with Crippen molar-refractivity contribution in [1.82, 2.24) is 20.0 Å². The number of carbonyl (C=O) groups is 2. The molecule has 0 aliphatic rings. The van der Waals surface area contributed by atoms with Gasteiger partial charge in [0.1, 0.15) is 17.1 Å². The molecule has 9 nitrogen and oxygen atoms in total. The van der Waals surface area contributed by atoms with Crippen molar-refractivity contribution in [2.24, 2.45) is 0 Å². The number of nitrogens with zero attached hydrogens (tertiary/aromatic N) is 3. The van der Waals surface area contributed by atoms with Crippen molar-refractivity contribution in [3.8, 4) is 0 Å². The Morgan fingerprint density at radius 2 is 2.04 bits per heavy atom. The number of nitrogens with one attached hydrogen (secondary N) is 2. The fourth-order valence-electron chi connectivity index (χ4n) is 2.38. The monoisotopic (exact) mass is 375 g/mol. The Hall–Kier alpha value is -3.01. The number of carbonyl (C=O) groups excluding carboxylic acids is 2. The smallest absolute Gasteiger partial charge is 0.262 e. The number of aromatic nitrogens is 3. The molecule has 3 heterocycles. The van der Waals surface area contributed by atoms with E-state index in [1.165, 1.54) is 22.2 Å². The van der Waals surface area contributed by atoms with Gasteiger partial charge in [-0.2, -0.15) is 0 Å². The number of amides is 2. The van der Waals surface area contributed by atoms with Gasteiger partial charge in [0.15, 0.2) is 5.82 Å². The Bertz CT molecular complexity index is 1050. The summed E-state index contributed by atoms with van der Waals surface area (Å²) in [6, 6.07) is 1.56. The minimum absolute atomic E-state index is 0.216. The minimum Gasteiger partial charge on any atom is -0.360 e. The van der Waals surface area contributed by atoms with E-state index in [1.54, 1.807) is 13.0 Å². The summed E-state index contributed by atoms with van der Waals surface area (Å²) in [7, 11) is 0. The predicted molar refractivity (Wildman–Crippen MR) is 96.2 cm³/mol. The van der Waals surface area contributed by atoms with Gasteiger partial charge < -0.3 is 15.2 Å². The Balaban J connectivity index is 1.62. The number of aryl methyl sites for hydroxylation is 3. The van der Waals surface area contributed by atoms with Crippen molar-refractivity contribution in [2.75, 3.05) is 11.9 Å². The summed E-state index contributed by atoms with van der Waals surface area (Å²) >= 11 is 1.45. The van der Waals surface area contributed by atoms with Crippen LogP contribution in [0.2, 0.25) is 0 Å². The highest BCUT2D eigenvalue weighted by Gasteiger charge is 2.14. The van der Waals surface area contributed by atoms with Gasteiger partial charge >= 0.3 is 0 Å². The van der Waals surface area contributed by atoms with Gasteiger partial charge in [0.05, 0.1) is 18.3 Å². The average molecular weight is 375 g/mol. The van der Waals surface area contributed by atoms with E-state index in [0.717, 1.165) is 10.4 Å². The first-order valence-corrected chi connectivity index (χ1v) is 8.62. The van der Waals surface area contributed by atoms with Gasteiger partial charge in [-0.05, 0) is 26.3 Å². The maximum absolute atomic E-state index is 12.5. The van der Waals surface area contributed by atoms with E-state index >= 15 is 0 Å². The van der Waals surface area contributed by atoms with Gasteiger partial charge in [-0.15, -0.1) is 11.3 Å². The molecular weight excluding hydrogens is 358 g/mol. The standard InChI is InChI=1S/C16H17N5O4S/c1-8-4-11(20-25-8)19-12(22)5-17-13(23)6-21-7-18-15-14(16(21)24)9(2)10(3)26-15/h4,7H,5-6H2,1-3H3,(H,17,23)(H,19,20,22). The maximum atomic E-state index is 12.5. The van der Waals surface area contributed by atoms with Gasteiger partial charge in [-0.25, -0.2) is 4.98 Å². The second-order valence-corrected chi connectivity index (χ2v) is 6.99. The molecule has 10 heteroatoms. The third-order valence-electron chi connectivity index (χ3n) is 3.81. The molecule has 0 saturated heterocycles. The number of hydrogen-bond donors (Lipinski definition) is 2. The summed E-state index contributed by atoms with van der Waals surface area (Å²) < 4.78 is 6.07. The highest BCUT2D eigenvalue weighted by atomic mass is 32.1. The van der Waals surface area contributed by atoms with E-state index in [1.807, 2.05) is 13.8 Å². The zero-order valence-corrected chi connectivity index (χ0v) is 15.3. The molecule has 0 saturated carbocycles. The Morgan fingerprint density at radius 1 is 1.27 bits per heavy atom. The molecule has 0 unspecified atom stereocenters. The Kier molecular flexibility index (Phi) is 4.85. The first-order chi connectivity index (χ1) is 12.3. The van der Waals surface area contributed by atoms with Crippen LogP contribution in [0.25, 0.3) is 10.2 Å². The van der Waals surface area contributed by atoms with Gasteiger partial charge in [0, 0.05) is 10.9 Å². The average Bonchev–Trinajstić information content (AvgIpc) is 3.12. The summed E-state index contributed by atoms with van der Waals surface area (Å²) in [5, 5.41) is 9.11. The van der Waals surface area contributed by atoms with E-state index in [9.17, 15) is 14.4 Å². The lowest BCUT2D eigenvalue weighted by Gasteiger charge is -2.07. The molecule has 0 atom stereocenters. The van der Waals surface area contributed by atoms with Crippen LogP contribution in [0, 0.1) is 20.8 Å². The van der Waals surface area contributed by atoms with Crippen LogP contribution >= 0.6 is 11.3 Å². The topological polar surface area (TPSA) is 119 Å². The molecule has 3 aromatic heterocycles. The largest absolute Gasteiger partial charge is 0.360 e. The molecule has 0 aliphatic heterocycles. The third-order valence-corrected chi connectivity index (χ3v) is 4.93. The van der Waals surface area contributed by atoms with Crippen molar-refractivity contribution >= 4 is 39.2 Å². The zero-order valence-electron chi connectivity index (χ0n) is 14.5. The van der Waals surface area contributed by atoms with Crippen LogP contribution in [0.1, 0.15) is 16.2 Å². The lowest BCUT2D eigenvalue weighted by atomic mass is 10.2. The molecule has 0 radical (unpaired) electrons. The summed E-state index contributed by atoms with van der Waals surface area (Å²) in [6.07, 6.45) is 1.35. The van der Waals surface area contributed by atoms with Gasteiger partial charge in [0.2, 0.25) is 11.8 Å². The number of anilines is 1. The van der Waals surface area contributed by atoms with E-state index in [4.69, 9.17) is 4.52 Å². The SMILES string of the molecule is Cc1cc(NC(=O)CNC(=O)Cn2cnc3sc(C)c(C)c3c2=O)no1. The first kappa shape index (κ1) is 17.8. The fraction of sp³-hybridized carbons (Fsp3) is 0.312. The molecule has 0 fully saturated rings. The normalized spacial score (nSPS) is 10.9. The van der Waals surface area contributed by atoms with Crippen molar-refractivity contribution in [1.29, 1.82) is 0 Å². The highest BCUT2D eigenvalue weighted by Crippen LogP contribution is 2.25. The van der Waals surface area contributed by atoms with Gasteiger partial charge in [0.25, 0.3) is 5.56 Å². The highest BCUT2D eigenvalue weighted by molar-refractivity contribution is 7.18. The summed E-state index contributed by atoms with van der Waals surface area (Å²) in [5.74, 6) is -0.0808. The van der Waals surface area contributed by atoms with Crippen LogP contribution in [0.15, 0.2) is 21.7 Å². The lowest BCUT2D eigenvalue weighted by molar-refractivity contribution is -0.124. The number of rotatable bonds is 5. The Morgan fingerprint density at radius 3 is 2.73 bits per heavy atom. The number of fused-ring (bicyclic) bond motifs is 1. The molecule has 2 N–H and O–H groups in total. The van der Waals surface area contributed by atoms with Crippen LogP contribution in [-0.4, -0.2) is 33.1 Å². The van der Waals surface area contributed by atoms with E-state index in [2.05, 4.69) is 20.8 Å². The molecule has 3 rings (SSSR count). The summed E-state index contributed by atoms with van der Waals surface area (Å²) in [5.41, 5.74) is 0.606. The van der Waals surface area contributed by atoms with Crippen molar-refractivity contribution in [2.45, 2.75) is 27.3 Å². The van der Waals surface area contributed by atoms with Gasteiger partial charge in [-0.1, -0.05) is 5.16 Å². The van der Waals surface area contributed by atoms with Gasteiger partial charge in [-0.3, -0.25) is 19.0 Å². The van der Waals surface area contributed by atoms with Crippen LogP contribution in [-0.2, 0) is 16.1 Å². The molecule has 0 aliphatic carbocycles. The molecular formula is C16H17N5O4S. The molecule has 0 bridgehead atoms. The predicted octanol–water partition coefficient (Wildman–Crippen LogP) is 1.13. The summed E-state index contributed by atoms with van der Waals surface area (Å²) in [6.45, 7) is 5.02. The molecule has 136 valence electrons. The second-order valence-electron chi connectivity index (χ2n) is 5.79. The van der Waals surface area contributed by atoms with Crippen molar-refractivity contribution < 1.29 is 14.1 Å². The van der Waals surface area contributed by atoms with Crippen molar-refractivity contribution in [3.05, 3.63) is 38.9 Å². The van der Waals surface area contributed by atoms with E-state index < -0.39 is 11.8 Å². The molecule has 0 aromatic carbocycles. The molecule has 3 aromatic rings. The summed E-state index contributed by atoms with van der Waals surface area (Å²) in [4.78, 5) is 42.3. The zero-order chi connectivity index (χ0) is 18.8. The third kappa shape index (κ3) is 3.64. The van der Waals surface area contributed by atoms with Crippen LogP contribution in [0.4, 0.5) is 5.82 Å². The second kappa shape index (κ2) is 7.08. The molecule has 26 heavy (non-hydrogen) atoms. The van der Waals surface area contributed by atoms with E-state index in [0.29, 0.717) is 16.0 Å². The van der Waals surface area contributed by atoms with Crippen LogP contribution < -0.4 is 16.2 Å². The number of thiophene rings is 1. The molecule has 0 spiro atoms. The minimum atomic E-state index is -0.468. The van der Waals surface area contributed by atoms with Crippen molar-refractivity contribution in [3.63, 3.8) is 0 Å². The van der Waals surface area contributed by atoms with Crippen LogP contribution in [0.3, 0.4) is 0 Å².